The molecule has 0 saturated carbocycles. The van der Waals surface area contributed by atoms with Crippen LogP contribution in [0.4, 0.5) is 0 Å². The third kappa shape index (κ3) is 3.11. The number of aryl methyl sites for hydroxylation is 1. The highest BCUT2D eigenvalue weighted by Gasteiger charge is 2.16. The first kappa shape index (κ1) is 15.2. The monoisotopic (exact) mass is 332 g/mol. The van der Waals surface area contributed by atoms with Crippen LogP contribution < -0.4 is 11.3 Å². The highest BCUT2D eigenvalue weighted by molar-refractivity contribution is 9.10. The van der Waals surface area contributed by atoms with E-state index < -0.39 is 0 Å². The van der Waals surface area contributed by atoms with Crippen molar-refractivity contribution >= 4 is 15.9 Å². The first-order valence-corrected chi connectivity index (χ1v) is 7.65. The van der Waals surface area contributed by atoms with Crippen LogP contribution >= 0.6 is 15.9 Å². The van der Waals surface area contributed by atoms with E-state index in [-0.39, 0.29) is 6.04 Å². The molecule has 2 rings (SSSR count). The number of nitrogens with one attached hydrogen (secondary N) is 1. The van der Waals surface area contributed by atoms with Crippen LogP contribution in [0.3, 0.4) is 0 Å². The number of hydrogen-bond donors (Lipinski definition) is 2. The van der Waals surface area contributed by atoms with E-state index in [1.54, 1.807) is 0 Å². The van der Waals surface area contributed by atoms with Crippen LogP contribution in [0.15, 0.2) is 46.9 Å². The molecule has 3 heteroatoms. The lowest BCUT2D eigenvalue weighted by molar-refractivity contribution is 0.633. The SMILES string of the molecule is Cc1cccc(C(NN)c2ccc(C(C)C)cc2)c1Br. The second-order valence-corrected chi connectivity index (χ2v) is 6.19. The Labute approximate surface area is 129 Å². The maximum absolute atomic E-state index is 5.78. The first-order valence-electron chi connectivity index (χ1n) is 6.85. The predicted octanol–water partition coefficient (Wildman–Crippen LogP) is 4.43. The molecule has 106 valence electrons. The predicted molar refractivity (Wildman–Crippen MR) is 88.6 cm³/mol. The van der Waals surface area contributed by atoms with E-state index in [1.165, 1.54) is 16.7 Å². The van der Waals surface area contributed by atoms with Crippen molar-refractivity contribution in [1.29, 1.82) is 0 Å². The molecule has 0 radical (unpaired) electrons. The Morgan fingerprint density at radius 1 is 1.00 bits per heavy atom. The highest BCUT2D eigenvalue weighted by atomic mass is 79.9. The van der Waals surface area contributed by atoms with Gasteiger partial charge in [-0.15, -0.1) is 0 Å². The fourth-order valence-electron chi connectivity index (χ4n) is 2.33. The minimum Gasteiger partial charge on any atom is -0.271 e. The molecular formula is C17H21BrN2. The van der Waals surface area contributed by atoms with Gasteiger partial charge in [-0.25, -0.2) is 5.43 Å². The summed E-state index contributed by atoms with van der Waals surface area (Å²) in [5.74, 6) is 6.32. The third-order valence-electron chi connectivity index (χ3n) is 3.64. The van der Waals surface area contributed by atoms with Gasteiger partial charge in [0.2, 0.25) is 0 Å². The molecule has 0 bridgehead atoms. The lowest BCUT2D eigenvalue weighted by Crippen LogP contribution is -2.29. The highest BCUT2D eigenvalue weighted by Crippen LogP contribution is 2.31. The van der Waals surface area contributed by atoms with E-state index >= 15 is 0 Å². The fraction of sp³-hybridized carbons (Fsp3) is 0.294. The number of rotatable bonds is 4. The smallest absolute Gasteiger partial charge is 0.0721 e. The molecule has 3 N–H and O–H groups in total. The standard InChI is InChI=1S/C17H21BrN2/c1-11(2)13-7-9-14(10-8-13)17(20-19)15-6-4-5-12(3)16(15)18/h4-11,17,20H,19H2,1-3H3. The Morgan fingerprint density at radius 3 is 2.15 bits per heavy atom. The zero-order chi connectivity index (χ0) is 14.7. The van der Waals surface area contributed by atoms with Gasteiger partial charge in [0.15, 0.2) is 0 Å². The lowest BCUT2D eigenvalue weighted by atomic mass is 9.95. The zero-order valence-electron chi connectivity index (χ0n) is 12.2. The summed E-state index contributed by atoms with van der Waals surface area (Å²) in [6.45, 7) is 6.48. The number of nitrogens with two attached hydrogens (primary N) is 1. The summed E-state index contributed by atoms with van der Waals surface area (Å²) in [6, 6.07) is 14.9. The van der Waals surface area contributed by atoms with Gasteiger partial charge in [-0.1, -0.05) is 72.2 Å². The molecule has 0 heterocycles. The summed E-state index contributed by atoms with van der Waals surface area (Å²) in [7, 11) is 0. The molecule has 0 saturated heterocycles. The molecule has 0 aromatic heterocycles. The Morgan fingerprint density at radius 2 is 1.60 bits per heavy atom. The Balaban J connectivity index is 2.39. The lowest BCUT2D eigenvalue weighted by Gasteiger charge is -2.20. The van der Waals surface area contributed by atoms with Crippen molar-refractivity contribution in [2.24, 2.45) is 5.84 Å². The Hall–Kier alpha value is -1.16. The van der Waals surface area contributed by atoms with E-state index in [0.29, 0.717) is 5.92 Å². The first-order chi connectivity index (χ1) is 9.54. The van der Waals surface area contributed by atoms with Gasteiger partial charge in [0.1, 0.15) is 0 Å². The van der Waals surface area contributed by atoms with Gasteiger partial charge in [-0.3, -0.25) is 5.84 Å². The van der Waals surface area contributed by atoms with Crippen LogP contribution in [-0.2, 0) is 0 Å². The van der Waals surface area contributed by atoms with E-state index in [0.717, 1.165) is 10.0 Å². The second-order valence-electron chi connectivity index (χ2n) is 5.40. The maximum Gasteiger partial charge on any atom is 0.0721 e. The van der Waals surface area contributed by atoms with Crippen molar-refractivity contribution in [3.63, 3.8) is 0 Å². The van der Waals surface area contributed by atoms with Gasteiger partial charge in [-0.2, -0.15) is 0 Å². The largest absolute Gasteiger partial charge is 0.271 e. The van der Waals surface area contributed by atoms with E-state index in [1.807, 2.05) is 0 Å². The molecule has 1 atom stereocenters. The minimum absolute atomic E-state index is 0.00881. The average Bonchev–Trinajstić information content (AvgIpc) is 2.45. The molecule has 2 nitrogen and oxygen atoms in total. The van der Waals surface area contributed by atoms with Crippen molar-refractivity contribution in [3.8, 4) is 0 Å². The molecule has 0 amide bonds. The molecule has 0 aliphatic rings. The van der Waals surface area contributed by atoms with Crippen molar-refractivity contribution in [3.05, 3.63) is 69.2 Å². The summed E-state index contributed by atoms with van der Waals surface area (Å²) in [4.78, 5) is 0. The van der Waals surface area contributed by atoms with E-state index in [4.69, 9.17) is 5.84 Å². The second kappa shape index (κ2) is 6.53. The summed E-state index contributed by atoms with van der Waals surface area (Å²) in [6.07, 6.45) is 0. The van der Waals surface area contributed by atoms with Crippen LogP contribution in [0.1, 0.15) is 48.1 Å². The maximum atomic E-state index is 5.78. The molecule has 0 aliphatic heterocycles. The van der Waals surface area contributed by atoms with Gasteiger partial charge >= 0.3 is 0 Å². The summed E-state index contributed by atoms with van der Waals surface area (Å²) in [5, 5.41) is 0. The van der Waals surface area contributed by atoms with E-state index in [2.05, 4.69) is 84.6 Å². The molecule has 1 unspecified atom stereocenters. The topological polar surface area (TPSA) is 38.0 Å². The van der Waals surface area contributed by atoms with Gasteiger partial charge in [-0.05, 0) is 35.1 Å². The normalized spacial score (nSPS) is 12.7. The Kier molecular flexibility index (Phi) is 4.97. The molecular weight excluding hydrogens is 312 g/mol. The molecule has 0 spiro atoms. The van der Waals surface area contributed by atoms with Crippen LogP contribution in [0, 0.1) is 6.92 Å². The van der Waals surface area contributed by atoms with Crippen LogP contribution in [0.5, 0.6) is 0 Å². The van der Waals surface area contributed by atoms with Crippen molar-refractivity contribution in [1.82, 2.24) is 5.43 Å². The molecule has 0 aliphatic carbocycles. The molecule has 2 aromatic rings. The van der Waals surface area contributed by atoms with Crippen LogP contribution in [0.25, 0.3) is 0 Å². The summed E-state index contributed by atoms with van der Waals surface area (Å²) < 4.78 is 1.11. The number of benzene rings is 2. The minimum atomic E-state index is -0.00881. The molecule has 0 fully saturated rings. The fourth-order valence-corrected chi connectivity index (χ4v) is 2.83. The van der Waals surface area contributed by atoms with Gasteiger partial charge in [0.05, 0.1) is 6.04 Å². The van der Waals surface area contributed by atoms with Crippen molar-refractivity contribution in [2.45, 2.75) is 32.7 Å². The average molecular weight is 333 g/mol. The van der Waals surface area contributed by atoms with Gasteiger partial charge in [0, 0.05) is 4.47 Å². The summed E-state index contributed by atoms with van der Waals surface area (Å²) in [5.41, 5.74) is 7.80. The van der Waals surface area contributed by atoms with Crippen LogP contribution in [-0.4, -0.2) is 0 Å². The summed E-state index contributed by atoms with van der Waals surface area (Å²) >= 11 is 3.66. The molecule has 20 heavy (non-hydrogen) atoms. The number of hydrazine groups is 1. The third-order valence-corrected chi connectivity index (χ3v) is 4.72. The van der Waals surface area contributed by atoms with Gasteiger partial charge < -0.3 is 0 Å². The van der Waals surface area contributed by atoms with Crippen LogP contribution in [0.2, 0.25) is 0 Å². The quantitative estimate of drug-likeness (QED) is 0.641. The van der Waals surface area contributed by atoms with Gasteiger partial charge in [0.25, 0.3) is 0 Å². The van der Waals surface area contributed by atoms with Crippen molar-refractivity contribution < 1.29 is 0 Å². The number of halogens is 1. The number of hydrogen-bond acceptors (Lipinski definition) is 2. The molecule has 2 aromatic carbocycles. The zero-order valence-corrected chi connectivity index (χ0v) is 13.7. The Bertz CT molecular complexity index is 576. The van der Waals surface area contributed by atoms with Crippen molar-refractivity contribution in [2.75, 3.05) is 0 Å². The van der Waals surface area contributed by atoms with E-state index in [9.17, 15) is 0 Å².